The Hall–Kier alpha value is -1.69. The highest BCUT2D eigenvalue weighted by atomic mass is 35.5. The van der Waals surface area contributed by atoms with Gasteiger partial charge in [0, 0.05) is 22.3 Å². The minimum atomic E-state index is -0.243. The van der Waals surface area contributed by atoms with E-state index in [9.17, 15) is 9.59 Å². The molecule has 136 valence electrons. The van der Waals surface area contributed by atoms with Crippen LogP contribution in [0.3, 0.4) is 0 Å². The number of nitrogens with one attached hydrogen (secondary N) is 2. The van der Waals surface area contributed by atoms with Crippen molar-refractivity contribution in [1.29, 1.82) is 0 Å². The van der Waals surface area contributed by atoms with Crippen LogP contribution in [0.2, 0.25) is 10.0 Å². The summed E-state index contributed by atoms with van der Waals surface area (Å²) in [7, 11) is 0. The van der Waals surface area contributed by atoms with Crippen LogP contribution in [0.4, 0.5) is 5.69 Å². The fraction of sp³-hybridized carbons (Fsp3) is 0.263. The van der Waals surface area contributed by atoms with Crippen LogP contribution in [0, 0.1) is 0 Å². The number of hydrogen-bond acceptors (Lipinski definition) is 3. The molecule has 2 N–H and O–H groups in total. The van der Waals surface area contributed by atoms with E-state index in [4.69, 9.17) is 23.2 Å². The van der Waals surface area contributed by atoms with Crippen molar-refractivity contribution >= 4 is 52.5 Å². The molecule has 0 saturated carbocycles. The summed E-state index contributed by atoms with van der Waals surface area (Å²) in [5, 5.41) is 6.61. The number of rotatable bonds is 5. The summed E-state index contributed by atoms with van der Waals surface area (Å²) in [6.45, 7) is 0.331. The van der Waals surface area contributed by atoms with Crippen LogP contribution in [0.1, 0.15) is 17.5 Å². The van der Waals surface area contributed by atoms with Crippen LogP contribution in [0.25, 0.3) is 0 Å². The summed E-state index contributed by atoms with van der Waals surface area (Å²) in [6.07, 6.45) is 1.53. The van der Waals surface area contributed by atoms with Gasteiger partial charge in [0.1, 0.15) is 0 Å². The molecule has 1 aliphatic rings. The van der Waals surface area contributed by atoms with Crippen LogP contribution in [-0.4, -0.2) is 22.8 Å². The van der Waals surface area contributed by atoms with E-state index in [0.717, 1.165) is 23.2 Å². The molecule has 0 spiro atoms. The third-order valence-corrected chi connectivity index (χ3v) is 6.02. The van der Waals surface area contributed by atoms with Gasteiger partial charge in [-0.3, -0.25) is 9.59 Å². The number of thioether (sulfide) groups is 1. The van der Waals surface area contributed by atoms with Gasteiger partial charge in [-0.1, -0.05) is 47.5 Å². The quantitative estimate of drug-likeness (QED) is 0.775. The molecular weight excluding hydrogens is 391 g/mol. The lowest BCUT2D eigenvalue weighted by Crippen LogP contribution is -2.29. The number of para-hydroxylation sites is 1. The van der Waals surface area contributed by atoms with Gasteiger partial charge in [0.25, 0.3) is 0 Å². The van der Waals surface area contributed by atoms with Gasteiger partial charge in [0.05, 0.1) is 11.0 Å². The second kappa shape index (κ2) is 8.80. The van der Waals surface area contributed by atoms with Gasteiger partial charge >= 0.3 is 0 Å². The maximum absolute atomic E-state index is 12.4. The smallest absolute Gasteiger partial charge is 0.237 e. The lowest BCUT2D eigenvalue weighted by molar-refractivity contribution is -0.118. The highest BCUT2D eigenvalue weighted by Crippen LogP contribution is 2.27. The first kappa shape index (κ1) is 19.1. The number of aryl methyl sites for hydroxylation is 1. The molecule has 0 aromatic heterocycles. The topological polar surface area (TPSA) is 58.2 Å². The van der Waals surface area contributed by atoms with Crippen molar-refractivity contribution in [2.24, 2.45) is 0 Å². The molecule has 0 aliphatic carbocycles. The van der Waals surface area contributed by atoms with E-state index in [1.165, 1.54) is 11.8 Å². The van der Waals surface area contributed by atoms with Crippen molar-refractivity contribution in [2.45, 2.75) is 24.6 Å². The predicted molar refractivity (Wildman–Crippen MR) is 108 cm³/mol. The molecule has 2 aromatic rings. The zero-order chi connectivity index (χ0) is 18.5. The Morgan fingerprint density at radius 1 is 1.23 bits per heavy atom. The molecular formula is C19H18Cl2N2O2S. The first-order chi connectivity index (χ1) is 12.5. The number of fused-ring (bicyclic) bond motifs is 1. The van der Waals surface area contributed by atoms with Gasteiger partial charge in [0.15, 0.2) is 0 Å². The number of amides is 2. The van der Waals surface area contributed by atoms with Crippen LogP contribution in [0.5, 0.6) is 0 Å². The summed E-state index contributed by atoms with van der Waals surface area (Å²) in [5.41, 5.74) is 2.80. The van der Waals surface area contributed by atoms with E-state index in [1.54, 1.807) is 18.2 Å². The van der Waals surface area contributed by atoms with Gasteiger partial charge in [0.2, 0.25) is 11.8 Å². The SMILES string of the molecule is O=C(CSC1CCc2ccccc2NC1=O)NCc1ccc(Cl)cc1Cl. The van der Waals surface area contributed by atoms with Gasteiger partial charge in [-0.15, -0.1) is 11.8 Å². The van der Waals surface area contributed by atoms with Gasteiger partial charge in [-0.2, -0.15) is 0 Å². The lowest BCUT2D eigenvalue weighted by atomic mass is 10.1. The minimum Gasteiger partial charge on any atom is -0.351 e. The Balaban J connectivity index is 1.49. The average molecular weight is 409 g/mol. The molecule has 7 heteroatoms. The molecule has 2 amide bonds. The van der Waals surface area contributed by atoms with Crippen molar-refractivity contribution in [3.8, 4) is 0 Å². The van der Waals surface area contributed by atoms with Crippen molar-refractivity contribution in [3.63, 3.8) is 0 Å². The zero-order valence-corrected chi connectivity index (χ0v) is 16.3. The third-order valence-electron chi connectivity index (χ3n) is 4.15. The molecule has 0 radical (unpaired) electrons. The lowest BCUT2D eigenvalue weighted by Gasteiger charge is -2.13. The monoisotopic (exact) mass is 408 g/mol. The average Bonchev–Trinajstić information content (AvgIpc) is 2.77. The zero-order valence-electron chi connectivity index (χ0n) is 13.9. The molecule has 4 nitrogen and oxygen atoms in total. The van der Waals surface area contributed by atoms with Crippen LogP contribution >= 0.6 is 35.0 Å². The molecule has 1 atom stereocenters. The fourth-order valence-electron chi connectivity index (χ4n) is 2.74. The maximum atomic E-state index is 12.4. The van der Waals surface area contributed by atoms with Gasteiger partial charge in [-0.05, 0) is 42.2 Å². The van der Waals surface area contributed by atoms with Crippen LogP contribution in [0.15, 0.2) is 42.5 Å². The first-order valence-corrected chi connectivity index (χ1v) is 10.0. The Labute approximate surface area is 166 Å². The molecule has 1 aliphatic heterocycles. The highest BCUT2D eigenvalue weighted by molar-refractivity contribution is 8.01. The van der Waals surface area contributed by atoms with Crippen molar-refractivity contribution in [3.05, 3.63) is 63.6 Å². The summed E-state index contributed by atoms with van der Waals surface area (Å²) >= 11 is 13.3. The van der Waals surface area contributed by atoms with Crippen molar-refractivity contribution in [1.82, 2.24) is 5.32 Å². The highest BCUT2D eigenvalue weighted by Gasteiger charge is 2.24. The Morgan fingerprint density at radius 3 is 2.85 bits per heavy atom. The number of benzene rings is 2. The minimum absolute atomic E-state index is 0.0477. The molecule has 1 heterocycles. The summed E-state index contributed by atoms with van der Waals surface area (Å²) in [5.74, 6) is 0.0451. The van der Waals surface area contributed by atoms with Crippen LogP contribution < -0.4 is 10.6 Å². The second-order valence-electron chi connectivity index (χ2n) is 6.00. The van der Waals surface area contributed by atoms with Crippen LogP contribution in [-0.2, 0) is 22.6 Å². The molecule has 2 aromatic carbocycles. The Morgan fingerprint density at radius 2 is 2.04 bits per heavy atom. The standard InChI is InChI=1S/C19H18Cl2N2O2S/c20-14-7-5-13(15(21)9-14)10-22-18(24)11-26-17-8-6-12-3-1-2-4-16(12)23-19(17)25/h1-5,7,9,17H,6,8,10-11H2,(H,22,24)(H,23,25). The number of carbonyl (C=O) groups excluding carboxylic acids is 2. The molecule has 1 unspecified atom stereocenters. The molecule has 0 fully saturated rings. The van der Waals surface area contributed by atoms with E-state index in [1.807, 2.05) is 24.3 Å². The number of anilines is 1. The Kier molecular flexibility index (Phi) is 6.46. The van der Waals surface area contributed by atoms with E-state index in [2.05, 4.69) is 10.6 Å². The van der Waals surface area contributed by atoms with Crippen molar-refractivity contribution in [2.75, 3.05) is 11.1 Å². The van der Waals surface area contributed by atoms with E-state index in [-0.39, 0.29) is 22.8 Å². The van der Waals surface area contributed by atoms with E-state index >= 15 is 0 Å². The number of hydrogen-bond donors (Lipinski definition) is 2. The third kappa shape index (κ3) is 4.93. The Bertz CT molecular complexity index is 829. The molecule has 26 heavy (non-hydrogen) atoms. The predicted octanol–water partition coefficient (Wildman–Crippen LogP) is 4.30. The molecule has 0 saturated heterocycles. The summed E-state index contributed by atoms with van der Waals surface area (Å²) < 4.78 is 0. The first-order valence-electron chi connectivity index (χ1n) is 8.24. The summed E-state index contributed by atoms with van der Waals surface area (Å²) in [4.78, 5) is 24.5. The normalized spacial score (nSPS) is 16.4. The van der Waals surface area contributed by atoms with Gasteiger partial charge < -0.3 is 10.6 Å². The maximum Gasteiger partial charge on any atom is 0.237 e. The molecule has 3 rings (SSSR count). The van der Waals surface area contributed by atoms with Gasteiger partial charge in [-0.25, -0.2) is 0 Å². The molecule has 0 bridgehead atoms. The van der Waals surface area contributed by atoms with E-state index < -0.39 is 0 Å². The van der Waals surface area contributed by atoms with E-state index in [0.29, 0.717) is 23.0 Å². The summed E-state index contributed by atoms with van der Waals surface area (Å²) in [6, 6.07) is 13.0. The number of carbonyl (C=O) groups is 2. The number of halogens is 2. The van der Waals surface area contributed by atoms with Crippen molar-refractivity contribution < 1.29 is 9.59 Å². The second-order valence-corrected chi connectivity index (χ2v) is 8.03. The largest absolute Gasteiger partial charge is 0.351 e. The fourth-order valence-corrected chi connectivity index (χ4v) is 4.16.